The van der Waals surface area contributed by atoms with Crippen molar-refractivity contribution in [2.75, 3.05) is 38.2 Å². The Hall–Kier alpha value is -2.36. The van der Waals surface area contributed by atoms with Gasteiger partial charge in [0.1, 0.15) is 9.96 Å². The average Bonchev–Trinajstić information content (AvgIpc) is 3.43. The Morgan fingerprint density at radius 2 is 1.94 bits per heavy atom. The largest absolute Gasteiger partial charge is 0.497 e. The van der Waals surface area contributed by atoms with Crippen molar-refractivity contribution in [1.82, 2.24) is 9.29 Å². The van der Waals surface area contributed by atoms with E-state index >= 15 is 0 Å². The molecule has 1 aliphatic heterocycles. The van der Waals surface area contributed by atoms with Gasteiger partial charge in [0.05, 0.1) is 18.2 Å². The van der Waals surface area contributed by atoms with Gasteiger partial charge in [0.2, 0.25) is 0 Å². The van der Waals surface area contributed by atoms with E-state index in [1.165, 1.54) is 17.8 Å². The van der Waals surface area contributed by atoms with Gasteiger partial charge >= 0.3 is 0 Å². The molecule has 2 aromatic heterocycles. The fraction of sp³-hybridized carbons (Fsp3) is 0.409. The van der Waals surface area contributed by atoms with Gasteiger partial charge in [-0.1, -0.05) is 12.5 Å². The van der Waals surface area contributed by atoms with Crippen LogP contribution in [0.5, 0.6) is 5.75 Å². The van der Waals surface area contributed by atoms with E-state index in [0.29, 0.717) is 42.1 Å². The molecule has 1 saturated carbocycles. The molecule has 0 N–H and O–H groups in total. The first-order valence-corrected chi connectivity index (χ1v) is 12.8. The second-order valence-corrected chi connectivity index (χ2v) is 11.2. The predicted molar refractivity (Wildman–Crippen MR) is 120 cm³/mol. The zero-order chi connectivity index (χ0) is 21.4. The van der Waals surface area contributed by atoms with Crippen molar-refractivity contribution in [2.24, 2.45) is 0 Å². The Labute approximate surface area is 186 Å². The van der Waals surface area contributed by atoms with E-state index in [2.05, 4.69) is 9.88 Å². The van der Waals surface area contributed by atoms with Crippen LogP contribution in [0.4, 0.5) is 5.69 Å². The minimum atomic E-state index is -3.53. The van der Waals surface area contributed by atoms with E-state index in [1.807, 2.05) is 30.3 Å². The summed E-state index contributed by atoms with van der Waals surface area (Å²) in [6.07, 6.45) is 5.16. The molecule has 31 heavy (non-hydrogen) atoms. The zero-order valence-electron chi connectivity index (χ0n) is 17.4. The summed E-state index contributed by atoms with van der Waals surface area (Å²) in [5.41, 5.74) is 1.04. The van der Waals surface area contributed by atoms with Crippen molar-refractivity contribution in [3.63, 3.8) is 0 Å². The van der Waals surface area contributed by atoms with Crippen LogP contribution < -0.4 is 9.64 Å². The number of aromatic nitrogens is 1. The molecule has 0 atom stereocenters. The number of oxazole rings is 1. The van der Waals surface area contributed by atoms with Crippen LogP contribution in [0.3, 0.4) is 0 Å². The molecule has 1 saturated heterocycles. The molecule has 0 radical (unpaired) electrons. The summed E-state index contributed by atoms with van der Waals surface area (Å²) in [6, 6.07) is 11.3. The monoisotopic (exact) mass is 459 g/mol. The SMILES string of the molecule is COc1cccc(N2CCN(S(=O)(=O)c3ccc(-c4cnc(C5CCC5)o4)s3)CC2)c1. The van der Waals surface area contributed by atoms with Crippen LogP contribution in [-0.4, -0.2) is 51.0 Å². The average molecular weight is 460 g/mol. The Balaban J connectivity index is 1.27. The first kappa shape index (κ1) is 20.5. The smallest absolute Gasteiger partial charge is 0.252 e. The van der Waals surface area contributed by atoms with E-state index in [-0.39, 0.29) is 0 Å². The van der Waals surface area contributed by atoms with Gasteiger partial charge in [-0.25, -0.2) is 13.4 Å². The Kier molecular flexibility index (Phi) is 5.49. The number of methoxy groups -OCH3 is 1. The highest BCUT2D eigenvalue weighted by Crippen LogP contribution is 2.39. The third-order valence-electron chi connectivity index (χ3n) is 6.05. The van der Waals surface area contributed by atoms with Gasteiger partial charge in [-0.2, -0.15) is 4.31 Å². The Morgan fingerprint density at radius 1 is 1.13 bits per heavy atom. The molecule has 0 unspecified atom stereocenters. The molecule has 0 spiro atoms. The van der Waals surface area contributed by atoms with Crippen LogP contribution in [0.2, 0.25) is 0 Å². The highest BCUT2D eigenvalue weighted by molar-refractivity contribution is 7.91. The van der Waals surface area contributed by atoms with Gasteiger partial charge in [0, 0.05) is 43.9 Å². The van der Waals surface area contributed by atoms with Crippen molar-refractivity contribution < 1.29 is 17.6 Å². The first-order chi connectivity index (χ1) is 15.0. The van der Waals surface area contributed by atoms with E-state index in [0.717, 1.165) is 35.0 Å². The van der Waals surface area contributed by atoms with Gasteiger partial charge in [0.25, 0.3) is 10.0 Å². The summed E-state index contributed by atoms with van der Waals surface area (Å²) in [5, 5.41) is 0. The minimum absolute atomic E-state index is 0.346. The van der Waals surface area contributed by atoms with Crippen molar-refractivity contribution in [2.45, 2.75) is 29.4 Å². The van der Waals surface area contributed by atoms with E-state index in [1.54, 1.807) is 23.7 Å². The van der Waals surface area contributed by atoms with Crippen LogP contribution in [0.15, 0.2) is 51.2 Å². The van der Waals surface area contributed by atoms with E-state index in [9.17, 15) is 8.42 Å². The van der Waals surface area contributed by atoms with Gasteiger partial charge in [0.15, 0.2) is 11.7 Å². The summed E-state index contributed by atoms with van der Waals surface area (Å²) in [4.78, 5) is 7.37. The molecule has 3 heterocycles. The molecular formula is C22H25N3O4S2. The van der Waals surface area contributed by atoms with Crippen LogP contribution in [0.1, 0.15) is 31.1 Å². The number of ether oxygens (including phenoxy) is 1. The van der Waals surface area contributed by atoms with E-state index < -0.39 is 10.0 Å². The fourth-order valence-electron chi connectivity index (χ4n) is 3.96. The zero-order valence-corrected chi connectivity index (χ0v) is 19.0. The van der Waals surface area contributed by atoms with Gasteiger partial charge in [-0.05, 0) is 37.1 Å². The fourth-order valence-corrected chi connectivity index (χ4v) is 6.79. The van der Waals surface area contributed by atoms with Crippen LogP contribution in [-0.2, 0) is 10.0 Å². The summed E-state index contributed by atoms with van der Waals surface area (Å²) >= 11 is 1.25. The number of piperazine rings is 1. The molecular weight excluding hydrogens is 434 g/mol. The van der Waals surface area contributed by atoms with Crippen LogP contribution in [0, 0.1) is 0 Å². The van der Waals surface area contributed by atoms with Crippen LogP contribution >= 0.6 is 11.3 Å². The molecule has 1 aromatic carbocycles. The summed E-state index contributed by atoms with van der Waals surface area (Å²) in [6.45, 7) is 2.16. The molecule has 7 nitrogen and oxygen atoms in total. The van der Waals surface area contributed by atoms with Crippen molar-refractivity contribution >= 4 is 27.0 Å². The lowest BCUT2D eigenvalue weighted by Gasteiger charge is -2.35. The number of thiophene rings is 1. The summed E-state index contributed by atoms with van der Waals surface area (Å²) in [7, 11) is -1.89. The number of benzene rings is 1. The highest BCUT2D eigenvalue weighted by Gasteiger charge is 2.31. The molecule has 9 heteroatoms. The van der Waals surface area contributed by atoms with Gasteiger partial charge < -0.3 is 14.1 Å². The highest BCUT2D eigenvalue weighted by atomic mass is 32.2. The lowest BCUT2D eigenvalue weighted by atomic mass is 9.85. The summed E-state index contributed by atoms with van der Waals surface area (Å²) in [5.74, 6) is 2.63. The number of anilines is 1. The molecule has 0 amide bonds. The second-order valence-electron chi connectivity index (χ2n) is 7.90. The number of nitrogens with zero attached hydrogens (tertiary/aromatic N) is 3. The number of hydrogen-bond donors (Lipinski definition) is 0. The quantitative estimate of drug-likeness (QED) is 0.550. The molecule has 0 bridgehead atoms. The van der Waals surface area contributed by atoms with E-state index in [4.69, 9.17) is 9.15 Å². The second kappa shape index (κ2) is 8.29. The first-order valence-electron chi connectivity index (χ1n) is 10.5. The third-order valence-corrected chi connectivity index (χ3v) is 9.52. The molecule has 2 aliphatic rings. The number of sulfonamides is 1. The summed E-state index contributed by atoms with van der Waals surface area (Å²) < 4.78 is 39.5. The Bertz CT molecular complexity index is 1160. The lowest BCUT2D eigenvalue weighted by Crippen LogP contribution is -2.48. The van der Waals surface area contributed by atoms with Crippen molar-refractivity contribution in [1.29, 1.82) is 0 Å². The third kappa shape index (κ3) is 3.97. The molecule has 1 aliphatic carbocycles. The van der Waals surface area contributed by atoms with Crippen molar-refractivity contribution in [3.05, 3.63) is 48.5 Å². The minimum Gasteiger partial charge on any atom is -0.497 e. The van der Waals surface area contributed by atoms with Crippen LogP contribution in [0.25, 0.3) is 10.6 Å². The standard InChI is InChI=1S/C22H25N3O4S2/c1-28-18-7-3-6-17(14-18)24-10-12-25(13-11-24)31(26,27)21-9-8-20(30-21)19-15-23-22(29-19)16-4-2-5-16/h3,6-9,14-16H,2,4-5,10-13H2,1H3. The van der Waals surface area contributed by atoms with Gasteiger partial charge in [-0.3, -0.25) is 0 Å². The predicted octanol–water partition coefficient (Wildman–Crippen LogP) is 4.19. The lowest BCUT2D eigenvalue weighted by molar-refractivity contribution is 0.338. The van der Waals surface area contributed by atoms with Gasteiger partial charge in [-0.15, -0.1) is 11.3 Å². The van der Waals surface area contributed by atoms with Crippen molar-refractivity contribution in [3.8, 4) is 16.4 Å². The molecule has 3 aromatic rings. The Morgan fingerprint density at radius 3 is 2.65 bits per heavy atom. The number of rotatable bonds is 6. The molecule has 2 fully saturated rings. The molecule has 5 rings (SSSR count). The maximum atomic E-state index is 13.2. The maximum absolute atomic E-state index is 13.2. The topological polar surface area (TPSA) is 75.9 Å². The normalized spacial score (nSPS) is 18.2. The molecule has 164 valence electrons. The number of hydrogen-bond acceptors (Lipinski definition) is 7. The maximum Gasteiger partial charge on any atom is 0.252 e.